The van der Waals surface area contributed by atoms with Crippen LogP contribution in [0.4, 0.5) is 0 Å². The molecule has 0 unspecified atom stereocenters. The number of benzene rings is 4. The number of carbonyl (C=O) groups excluding carboxylic acids is 1. The highest BCUT2D eigenvalue weighted by Gasteiger charge is 2.23. The fraction of sp³-hybridized carbons (Fsp3) is 0.107. The van der Waals surface area contributed by atoms with E-state index in [1.807, 2.05) is 24.3 Å². The molecule has 1 N–H and O–H groups in total. The SMILES string of the molecule is CC(C)(c1ccc(-c2ccc(O)cc2)cc1)c1ccc(-c2ccc(OC=O)cc2)cc1. The number of phenols is 1. The molecule has 31 heavy (non-hydrogen) atoms. The molecule has 0 bridgehead atoms. The molecule has 4 aromatic rings. The van der Waals surface area contributed by atoms with E-state index in [2.05, 4.69) is 62.4 Å². The molecule has 0 radical (unpaired) electrons. The number of hydrogen-bond acceptors (Lipinski definition) is 3. The van der Waals surface area contributed by atoms with Crippen LogP contribution in [-0.2, 0) is 10.2 Å². The molecule has 0 fully saturated rings. The highest BCUT2D eigenvalue weighted by Crippen LogP contribution is 2.34. The smallest absolute Gasteiger partial charge is 0.298 e. The largest absolute Gasteiger partial charge is 0.508 e. The summed E-state index contributed by atoms with van der Waals surface area (Å²) in [4.78, 5) is 10.4. The summed E-state index contributed by atoms with van der Waals surface area (Å²) >= 11 is 0. The Labute approximate surface area is 182 Å². The monoisotopic (exact) mass is 408 g/mol. The van der Waals surface area contributed by atoms with Crippen LogP contribution in [0.1, 0.15) is 25.0 Å². The van der Waals surface area contributed by atoms with Crippen LogP contribution in [0.3, 0.4) is 0 Å². The van der Waals surface area contributed by atoms with Crippen LogP contribution in [0, 0.1) is 0 Å². The van der Waals surface area contributed by atoms with Gasteiger partial charge in [0.25, 0.3) is 6.47 Å². The van der Waals surface area contributed by atoms with Crippen molar-refractivity contribution in [2.24, 2.45) is 0 Å². The van der Waals surface area contributed by atoms with E-state index in [0.29, 0.717) is 12.2 Å². The van der Waals surface area contributed by atoms with Gasteiger partial charge in [-0.1, -0.05) is 86.6 Å². The summed E-state index contributed by atoms with van der Waals surface area (Å²) in [5.41, 5.74) is 6.70. The third-order valence-corrected chi connectivity index (χ3v) is 5.79. The van der Waals surface area contributed by atoms with Crippen molar-refractivity contribution in [3.8, 4) is 33.8 Å². The molecule has 0 saturated carbocycles. The molecule has 0 aliphatic rings. The normalized spacial score (nSPS) is 11.2. The summed E-state index contributed by atoms with van der Waals surface area (Å²) in [7, 11) is 0. The first-order valence-corrected chi connectivity index (χ1v) is 10.2. The van der Waals surface area contributed by atoms with Crippen LogP contribution in [0.15, 0.2) is 97.1 Å². The second-order valence-electron chi connectivity index (χ2n) is 8.07. The second-order valence-corrected chi connectivity index (χ2v) is 8.07. The van der Waals surface area contributed by atoms with E-state index in [-0.39, 0.29) is 11.2 Å². The van der Waals surface area contributed by atoms with Crippen LogP contribution in [0.2, 0.25) is 0 Å². The predicted octanol–water partition coefficient (Wildman–Crippen LogP) is 6.59. The summed E-state index contributed by atoms with van der Waals surface area (Å²) in [6.45, 7) is 4.88. The molecule has 0 atom stereocenters. The van der Waals surface area contributed by atoms with Crippen LogP contribution in [0.5, 0.6) is 11.5 Å². The molecule has 4 aromatic carbocycles. The summed E-state index contributed by atoms with van der Waals surface area (Å²) in [5.74, 6) is 0.808. The molecule has 0 spiro atoms. The Morgan fingerprint density at radius 1 is 0.613 bits per heavy atom. The van der Waals surface area contributed by atoms with Crippen molar-refractivity contribution < 1.29 is 14.6 Å². The van der Waals surface area contributed by atoms with Gasteiger partial charge in [-0.05, 0) is 57.6 Å². The summed E-state index contributed by atoms with van der Waals surface area (Å²) < 4.78 is 4.86. The average molecular weight is 408 g/mol. The molecular weight excluding hydrogens is 384 g/mol. The lowest BCUT2D eigenvalue weighted by Crippen LogP contribution is -2.18. The quantitative estimate of drug-likeness (QED) is 0.366. The Kier molecular flexibility index (Phi) is 5.59. The Bertz CT molecular complexity index is 1160. The topological polar surface area (TPSA) is 46.5 Å². The number of hydrogen-bond donors (Lipinski definition) is 1. The molecule has 0 heterocycles. The van der Waals surface area contributed by atoms with Crippen LogP contribution < -0.4 is 4.74 Å². The van der Waals surface area contributed by atoms with Crippen LogP contribution in [0.25, 0.3) is 22.3 Å². The number of aromatic hydroxyl groups is 1. The molecule has 3 heteroatoms. The van der Waals surface area contributed by atoms with Gasteiger partial charge in [0, 0.05) is 5.41 Å². The number of phenolic OH excluding ortho intramolecular Hbond substituents is 1. The van der Waals surface area contributed by atoms with Gasteiger partial charge in [-0.3, -0.25) is 4.79 Å². The van der Waals surface area contributed by atoms with Gasteiger partial charge >= 0.3 is 0 Å². The van der Waals surface area contributed by atoms with E-state index >= 15 is 0 Å². The van der Waals surface area contributed by atoms with Gasteiger partial charge in [-0.15, -0.1) is 0 Å². The van der Waals surface area contributed by atoms with E-state index in [9.17, 15) is 9.90 Å². The van der Waals surface area contributed by atoms with E-state index in [1.54, 1.807) is 24.3 Å². The van der Waals surface area contributed by atoms with Crippen molar-refractivity contribution in [1.29, 1.82) is 0 Å². The standard InChI is InChI=1S/C28H24O3/c1-28(2,24-11-3-20(4-12-24)22-7-15-26(30)16-8-22)25-13-5-21(6-14-25)23-9-17-27(18-10-23)31-19-29/h3-19,30H,1-2H3. The summed E-state index contributed by atoms with van der Waals surface area (Å²) in [5, 5.41) is 9.49. The van der Waals surface area contributed by atoms with Crippen molar-refractivity contribution in [3.05, 3.63) is 108 Å². The van der Waals surface area contributed by atoms with Crippen molar-refractivity contribution in [2.75, 3.05) is 0 Å². The van der Waals surface area contributed by atoms with E-state index < -0.39 is 0 Å². The summed E-state index contributed by atoms with van der Waals surface area (Å²) in [6.07, 6.45) is 0. The molecule has 3 nitrogen and oxygen atoms in total. The van der Waals surface area contributed by atoms with Crippen LogP contribution >= 0.6 is 0 Å². The maximum absolute atomic E-state index is 10.4. The third kappa shape index (κ3) is 4.36. The first-order valence-electron chi connectivity index (χ1n) is 10.2. The van der Waals surface area contributed by atoms with E-state index in [1.165, 1.54) is 11.1 Å². The van der Waals surface area contributed by atoms with Crippen LogP contribution in [-0.4, -0.2) is 11.6 Å². The molecular formula is C28H24O3. The lowest BCUT2D eigenvalue weighted by atomic mass is 9.77. The molecule has 0 aliphatic carbocycles. The molecule has 154 valence electrons. The Balaban J connectivity index is 1.55. The summed E-state index contributed by atoms with van der Waals surface area (Å²) in [6, 6.07) is 31.9. The zero-order chi connectivity index (χ0) is 21.8. The van der Waals surface area contributed by atoms with Gasteiger partial charge in [-0.2, -0.15) is 0 Å². The fourth-order valence-electron chi connectivity index (χ4n) is 3.76. The number of carbonyl (C=O) groups is 1. The number of ether oxygens (including phenoxy) is 1. The first-order chi connectivity index (χ1) is 15.0. The van der Waals surface area contributed by atoms with Crippen molar-refractivity contribution >= 4 is 6.47 Å². The van der Waals surface area contributed by atoms with E-state index in [4.69, 9.17) is 4.74 Å². The lowest BCUT2D eigenvalue weighted by Gasteiger charge is -2.26. The average Bonchev–Trinajstić information content (AvgIpc) is 2.80. The van der Waals surface area contributed by atoms with Crippen molar-refractivity contribution in [1.82, 2.24) is 0 Å². The number of rotatable bonds is 6. The third-order valence-electron chi connectivity index (χ3n) is 5.79. The minimum Gasteiger partial charge on any atom is -0.508 e. The van der Waals surface area contributed by atoms with Gasteiger partial charge in [0.05, 0.1) is 0 Å². The minimum atomic E-state index is -0.145. The van der Waals surface area contributed by atoms with Gasteiger partial charge < -0.3 is 9.84 Å². The molecule has 4 rings (SSSR count). The Hall–Kier alpha value is -3.85. The van der Waals surface area contributed by atoms with E-state index in [0.717, 1.165) is 22.3 Å². The maximum Gasteiger partial charge on any atom is 0.298 e. The highest BCUT2D eigenvalue weighted by molar-refractivity contribution is 5.66. The van der Waals surface area contributed by atoms with Gasteiger partial charge in [0.15, 0.2) is 0 Å². The van der Waals surface area contributed by atoms with Crippen molar-refractivity contribution in [2.45, 2.75) is 19.3 Å². The lowest BCUT2D eigenvalue weighted by molar-refractivity contribution is -0.120. The zero-order valence-electron chi connectivity index (χ0n) is 17.6. The van der Waals surface area contributed by atoms with Gasteiger partial charge in [0.1, 0.15) is 11.5 Å². The molecule has 0 amide bonds. The molecule has 0 saturated heterocycles. The van der Waals surface area contributed by atoms with Crippen molar-refractivity contribution in [3.63, 3.8) is 0 Å². The second kappa shape index (κ2) is 8.49. The Morgan fingerprint density at radius 3 is 1.35 bits per heavy atom. The predicted molar refractivity (Wildman–Crippen MR) is 124 cm³/mol. The highest BCUT2D eigenvalue weighted by atomic mass is 16.5. The first kappa shape index (κ1) is 20.4. The van der Waals surface area contributed by atoms with Gasteiger partial charge in [0.2, 0.25) is 0 Å². The minimum absolute atomic E-state index is 0.145. The fourth-order valence-corrected chi connectivity index (χ4v) is 3.76. The van der Waals surface area contributed by atoms with Gasteiger partial charge in [-0.25, -0.2) is 0 Å². The molecule has 0 aromatic heterocycles. The Morgan fingerprint density at radius 2 is 0.968 bits per heavy atom. The zero-order valence-corrected chi connectivity index (χ0v) is 17.6. The molecule has 0 aliphatic heterocycles. The maximum atomic E-state index is 10.4.